The van der Waals surface area contributed by atoms with Crippen molar-refractivity contribution in [3.63, 3.8) is 0 Å². The fourth-order valence-corrected chi connectivity index (χ4v) is 2.18. The molecule has 0 bridgehead atoms. The molecule has 0 unspecified atom stereocenters. The van der Waals surface area contributed by atoms with E-state index in [0.717, 1.165) is 0 Å². The van der Waals surface area contributed by atoms with E-state index in [1.807, 2.05) is 0 Å². The first kappa shape index (κ1) is 15.8. The van der Waals surface area contributed by atoms with Crippen LogP contribution >= 0.6 is 15.9 Å². The molecule has 1 amide bonds. The van der Waals surface area contributed by atoms with Crippen LogP contribution in [0.4, 0.5) is 0 Å². The number of rotatable bonds is 4. The Labute approximate surface area is 135 Å². The molecule has 0 aromatic heterocycles. The van der Waals surface area contributed by atoms with E-state index in [0.29, 0.717) is 10.0 Å². The van der Waals surface area contributed by atoms with Gasteiger partial charge in [0.1, 0.15) is 5.75 Å². The Hall–Kier alpha value is -2.54. The summed E-state index contributed by atoms with van der Waals surface area (Å²) in [5.74, 6) is -0.282. The summed E-state index contributed by atoms with van der Waals surface area (Å²) in [5, 5.41) is 23.1. The summed E-state index contributed by atoms with van der Waals surface area (Å²) in [6.45, 7) is 0. The van der Waals surface area contributed by atoms with Gasteiger partial charge in [0.15, 0.2) is 11.5 Å². The summed E-state index contributed by atoms with van der Waals surface area (Å²) in [7, 11) is 1.44. The number of hydrogen-bond donors (Lipinski definition) is 3. The highest BCUT2D eigenvalue weighted by molar-refractivity contribution is 9.10. The van der Waals surface area contributed by atoms with Gasteiger partial charge < -0.3 is 14.9 Å². The van der Waals surface area contributed by atoms with Crippen LogP contribution in [0.2, 0.25) is 0 Å². The minimum absolute atomic E-state index is 0.00833. The molecular formula is C15H13BrN2O4. The number of benzene rings is 2. The Kier molecular flexibility index (Phi) is 5.00. The second-order valence-corrected chi connectivity index (χ2v) is 5.21. The number of carbonyl (C=O) groups excluding carboxylic acids is 1. The van der Waals surface area contributed by atoms with Crippen LogP contribution in [0.3, 0.4) is 0 Å². The van der Waals surface area contributed by atoms with E-state index < -0.39 is 5.91 Å². The Morgan fingerprint density at radius 1 is 1.32 bits per heavy atom. The number of nitrogens with zero attached hydrogens (tertiary/aromatic N) is 1. The average Bonchev–Trinajstić information content (AvgIpc) is 2.50. The molecule has 0 atom stereocenters. The van der Waals surface area contributed by atoms with Gasteiger partial charge in [-0.15, -0.1) is 0 Å². The predicted molar refractivity (Wildman–Crippen MR) is 85.5 cm³/mol. The van der Waals surface area contributed by atoms with E-state index in [1.165, 1.54) is 25.5 Å². The minimum Gasteiger partial charge on any atom is -0.508 e. The standard InChI is InChI=1S/C15H13BrN2O4/c1-22-13-7-11(16)5-10(14(13)20)8-17-18-15(21)9-3-2-4-12(19)6-9/h2-8,19-20H,1H3,(H,18,21)/b17-8+. The largest absolute Gasteiger partial charge is 0.508 e. The number of aromatic hydroxyl groups is 2. The SMILES string of the molecule is COc1cc(Br)cc(/C=N/NC(=O)c2cccc(O)c2)c1O. The van der Waals surface area contributed by atoms with Gasteiger partial charge >= 0.3 is 0 Å². The monoisotopic (exact) mass is 364 g/mol. The van der Waals surface area contributed by atoms with Gasteiger partial charge in [-0.05, 0) is 30.3 Å². The molecule has 6 nitrogen and oxygen atoms in total. The number of ether oxygens (including phenoxy) is 1. The van der Waals surface area contributed by atoms with Crippen LogP contribution < -0.4 is 10.2 Å². The van der Waals surface area contributed by atoms with Gasteiger partial charge in [0, 0.05) is 15.6 Å². The van der Waals surface area contributed by atoms with Crippen LogP contribution in [0.5, 0.6) is 17.2 Å². The molecule has 2 aromatic carbocycles. The molecule has 0 aliphatic heterocycles. The summed E-state index contributed by atoms with van der Waals surface area (Å²) < 4.78 is 5.72. The minimum atomic E-state index is -0.478. The first-order chi connectivity index (χ1) is 10.5. The second-order valence-electron chi connectivity index (χ2n) is 4.30. The maximum Gasteiger partial charge on any atom is 0.271 e. The summed E-state index contributed by atoms with van der Waals surface area (Å²) in [6.07, 6.45) is 1.29. The number of phenolic OH excluding ortho intramolecular Hbond substituents is 2. The number of halogens is 1. The first-order valence-corrected chi connectivity index (χ1v) is 6.99. The topological polar surface area (TPSA) is 91.2 Å². The normalized spacial score (nSPS) is 10.6. The molecule has 2 aromatic rings. The van der Waals surface area contributed by atoms with E-state index in [9.17, 15) is 15.0 Å². The van der Waals surface area contributed by atoms with Crippen LogP contribution in [0.15, 0.2) is 46.0 Å². The summed E-state index contributed by atoms with van der Waals surface area (Å²) in [5.41, 5.74) is 2.96. The van der Waals surface area contributed by atoms with E-state index in [1.54, 1.807) is 24.3 Å². The molecule has 114 valence electrons. The van der Waals surface area contributed by atoms with Crippen molar-refractivity contribution < 1.29 is 19.7 Å². The summed E-state index contributed by atoms with van der Waals surface area (Å²) >= 11 is 3.29. The number of hydrazone groups is 1. The molecule has 0 saturated carbocycles. The summed E-state index contributed by atoms with van der Waals surface area (Å²) in [6, 6.07) is 9.12. The number of nitrogens with one attached hydrogen (secondary N) is 1. The van der Waals surface area contributed by atoms with E-state index in [2.05, 4.69) is 26.5 Å². The zero-order valence-electron chi connectivity index (χ0n) is 11.6. The van der Waals surface area contributed by atoms with Gasteiger partial charge in [-0.25, -0.2) is 5.43 Å². The molecule has 0 radical (unpaired) electrons. The molecule has 0 aliphatic rings. The van der Waals surface area contributed by atoms with Crippen molar-refractivity contribution in [2.24, 2.45) is 5.10 Å². The molecule has 0 heterocycles. The number of phenols is 2. The van der Waals surface area contributed by atoms with Gasteiger partial charge in [0.25, 0.3) is 5.91 Å². The van der Waals surface area contributed by atoms with Crippen LogP contribution in [0.25, 0.3) is 0 Å². The fraction of sp³-hybridized carbons (Fsp3) is 0.0667. The van der Waals surface area contributed by atoms with Crippen molar-refractivity contribution in [1.29, 1.82) is 0 Å². The molecule has 2 rings (SSSR count). The Morgan fingerprint density at radius 2 is 2.09 bits per heavy atom. The Bertz CT molecular complexity index is 731. The van der Waals surface area contributed by atoms with Gasteiger partial charge in [0.2, 0.25) is 0 Å². The van der Waals surface area contributed by atoms with Crippen molar-refractivity contribution in [3.05, 3.63) is 52.0 Å². The van der Waals surface area contributed by atoms with Crippen molar-refractivity contribution in [2.75, 3.05) is 7.11 Å². The zero-order valence-corrected chi connectivity index (χ0v) is 13.2. The lowest BCUT2D eigenvalue weighted by Crippen LogP contribution is -2.17. The lowest BCUT2D eigenvalue weighted by atomic mass is 10.2. The molecule has 22 heavy (non-hydrogen) atoms. The summed E-state index contributed by atoms with van der Waals surface area (Å²) in [4.78, 5) is 11.8. The van der Waals surface area contributed by atoms with Crippen molar-refractivity contribution >= 4 is 28.1 Å². The maximum atomic E-state index is 11.8. The number of carbonyl (C=O) groups is 1. The molecule has 0 fully saturated rings. The average molecular weight is 365 g/mol. The second kappa shape index (κ2) is 6.95. The van der Waals surface area contributed by atoms with E-state index in [-0.39, 0.29) is 22.8 Å². The van der Waals surface area contributed by atoms with Gasteiger partial charge in [0.05, 0.1) is 13.3 Å². The first-order valence-electron chi connectivity index (χ1n) is 6.20. The Balaban J connectivity index is 2.13. The molecule has 3 N–H and O–H groups in total. The van der Waals surface area contributed by atoms with Gasteiger partial charge in [-0.2, -0.15) is 5.10 Å². The Morgan fingerprint density at radius 3 is 2.77 bits per heavy atom. The highest BCUT2D eigenvalue weighted by Gasteiger charge is 2.09. The molecule has 0 aliphatic carbocycles. The van der Waals surface area contributed by atoms with E-state index >= 15 is 0 Å². The maximum absolute atomic E-state index is 11.8. The lowest BCUT2D eigenvalue weighted by Gasteiger charge is -2.06. The molecule has 0 spiro atoms. The highest BCUT2D eigenvalue weighted by atomic mass is 79.9. The van der Waals surface area contributed by atoms with Crippen molar-refractivity contribution in [2.45, 2.75) is 0 Å². The third-order valence-electron chi connectivity index (χ3n) is 2.77. The third-order valence-corrected chi connectivity index (χ3v) is 3.23. The number of hydrogen-bond acceptors (Lipinski definition) is 5. The number of methoxy groups -OCH3 is 1. The van der Waals surface area contributed by atoms with Crippen LogP contribution in [0.1, 0.15) is 15.9 Å². The fourth-order valence-electron chi connectivity index (χ4n) is 1.72. The lowest BCUT2D eigenvalue weighted by molar-refractivity contribution is 0.0954. The zero-order chi connectivity index (χ0) is 16.1. The van der Waals surface area contributed by atoms with Crippen LogP contribution in [0, 0.1) is 0 Å². The van der Waals surface area contributed by atoms with Crippen LogP contribution in [-0.2, 0) is 0 Å². The number of amides is 1. The molecular weight excluding hydrogens is 352 g/mol. The van der Waals surface area contributed by atoms with Gasteiger partial charge in [-0.1, -0.05) is 22.0 Å². The molecule has 7 heteroatoms. The molecule has 0 saturated heterocycles. The quantitative estimate of drug-likeness (QED) is 0.574. The third kappa shape index (κ3) is 3.76. The van der Waals surface area contributed by atoms with Gasteiger partial charge in [-0.3, -0.25) is 4.79 Å². The smallest absolute Gasteiger partial charge is 0.271 e. The van der Waals surface area contributed by atoms with Crippen LogP contribution in [-0.4, -0.2) is 29.4 Å². The van der Waals surface area contributed by atoms with Crippen molar-refractivity contribution in [3.8, 4) is 17.2 Å². The predicted octanol–water partition coefficient (Wildman–Crippen LogP) is 2.63. The highest BCUT2D eigenvalue weighted by Crippen LogP contribution is 2.32. The van der Waals surface area contributed by atoms with Crippen molar-refractivity contribution in [1.82, 2.24) is 5.43 Å². The van der Waals surface area contributed by atoms with E-state index in [4.69, 9.17) is 4.74 Å².